The third-order valence-corrected chi connectivity index (χ3v) is 7.48. The van der Waals surface area contributed by atoms with Crippen LogP contribution in [0.15, 0.2) is 24.3 Å². The van der Waals surface area contributed by atoms with Crippen LogP contribution in [0, 0.1) is 18.8 Å². The molecule has 2 amide bonds. The summed E-state index contributed by atoms with van der Waals surface area (Å²) in [6.07, 6.45) is 3.66. The van der Waals surface area contributed by atoms with Crippen LogP contribution in [-0.2, 0) is 33.8 Å². The highest BCUT2D eigenvalue weighted by molar-refractivity contribution is 6.06. The van der Waals surface area contributed by atoms with E-state index < -0.39 is 18.1 Å². The summed E-state index contributed by atoms with van der Waals surface area (Å²) in [6.45, 7) is 7.44. The zero-order valence-corrected chi connectivity index (χ0v) is 21.9. The minimum Gasteiger partial charge on any atom is -0.457 e. The molecule has 1 aromatic carbocycles. The van der Waals surface area contributed by atoms with E-state index in [9.17, 15) is 27.6 Å². The van der Waals surface area contributed by atoms with E-state index in [0.717, 1.165) is 43.2 Å². The number of fused-ring (bicyclic) bond motifs is 1. The average Bonchev–Trinajstić information content (AvgIpc) is 3.06. The van der Waals surface area contributed by atoms with Crippen LogP contribution < -0.4 is 5.32 Å². The van der Waals surface area contributed by atoms with Gasteiger partial charge in [0.05, 0.1) is 11.3 Å². The Kier molecular flexibility index (Phi) is 8.87. The number of rotatable bonds is 7. The Morgan fingerprint density at radius 3 is 2.51 bits per heavy atom. The Morgan fingerprint density at radius 2 is 1.89 bits per heavy atom. The number of halogens is 3. The molecular formula is C28H35F3N2O4. The smallest absolute Gasteiger partial charge is 0.457 e. The van der Waals surface area contributed by atoms with Gasteiger partial charge in [0.15, 0.2) is 0 Å². The molecule has 1 fully saturated rings. The molecule has 6 nitrogen and oxygen atoms in total. The number of nitrogens with zero attached hydrogens (tertiary/aromatic N) is 1. The van der Waals surface area contributed by atoms with Crippen molar-refractivity contribution in [2.45, 2.75) is 71.6 Å². The molecule has 1 heterocycles. The van der Waals surface area contributed by atoms with Crippen molar-refractivity contribution in [1.82, 2.24) is 4.90 Å². The van der Waals surface area contributed by atoms with Crippen molar-refractivity contribution >= 4 is 23.5 Å². The third kappa shape index (κ3) is 6.08. The summed E-state index contributed by atoms with van der Waals surface area (Å²) in [7, 11) is 3.45. The van der Waals surface area contributed by atoms with Gasteiger partial charge in [-0.1, -0.05) is 37.5 Å². The third-order valence-electron chi connectivity index (χ3n) is 7.48. The molecule has 0 bridgehead atoms. The lowest BCUT2D eigenvalue weighted by molar-refractivity contribution is -0.167. The predicted octanol–water partition coefficient (Wildman–Crippen LogP) is 5.67. The topological polar surface area (TPSA) is 75.7 Å². The Bertz CT molecular complexity index is 1120. The van der Waals surface area contributed by atoms with Crippen LogP contribution in [0.25, 0.3) is 0 Å². The lowest BCUT2D eigenvalue weighted by atomic mass is 9.81. The van der Waals surface area contributed by atoms with E-state index in [1.165, 1.54) is 0 Å². The SMILES string of the molecule is C=CCc1c(C)c2c(c(NC(=O)C(F)(F)F)c1CC=C1CCCCCC1C(C)C(=O)N(C)C)C(=O)OC2. The number of anilines is 1. The molecule has 37 heavy (non-hydrogen) atoms. The number of ether oxygens (including phenoxy) is 1. The van der Waals surface area contributed by atoms with Crippen molar-refractivity contribution in [3.05, 3.63) is 52.1 Å². The predicted molar refractivity (Wildman–Crippen MR) is 135 cm³/mol. The molecule has 1 N–H and O–H groups in total. The molecule has 2 atom stereocenters. The van der Waals surface area contributed by atoms with Crippen LogP contribution in [-0.4, -0.2) is 43.0 Å². The first-order valence-corrected chi connectivity index (χ1v) is 12.6. The summed E-state index contributed by atoms with van der Waals surface area (Å²) in [5.41, 5.74) is 3.28. The number of allylic oxidation sites excluding steroid dienone is 3. The first-order valence-electron chi connectivity index (χ1n) is 12.6. The van der Waals surface area contributed by atoms with Crippen LogP contribution in [0.3, 0.4) is 0 Å². The van der Waals surface area contributed by atoms with Gasteiger partial charge in [0.25, 0.3) is 0 Å². The van der Waals surface area contributed by atoms with Gasteiger partial charge in [-0.25, -0.2) is 4.79 Å². The first kappa shape index (κ1) is 28.5. The number of carbonyl (C=O) groups is 3. The zero-order chi connectivity index (χ0) is 27.5. The highest BCUT2D eigenvalue weighted by Crippen LogP contribution is 2.40. The largest absolute Gasteiger partial charge is 0.471 e. The maximum atomic E-state index is 13.3. The van der Waals surface area contributed by atoms with Crippen molar-refractivity contribution < 1.29 is 32.3 Å². The number of alkyl halides is 3. The summed E-state index contributed by atoms with van der Waals surface area (Å²) >= 11 is 0. The van der Waals surface area contributed by atoms with Gasteiger partial charge in [-0.2, -0.15) is 13.2 Å². The Hall–Kier alpha value is -3.10. The lowest BCUT2D eigenvalue weighted by Crippen LogP contribution is -2.33. The Labute approximate surface area is 215 Å². The standard InChI is InChI=1S/C28H35F3N2O4/c1-6-10-20-16(2)22-15-37-26(35)23(22)24(32-27(36)28(29,30)31)21(20)14-13-18-11-8-7-9-12-19(18)17(3)25(34)33(4)5/h6,13,17,19H,1,7-12,14-15H2,2-5H3,(H,32,36). The van der Waals surface area contributed by atoms with Gasteiger partial charge >= 0.3 is 18.1 Å². The summed E-state index contributed by atoms with van der Waals surface area (Å²) in [5.74, 6) is -3.11. The summed E-state index contributed by atoms with van der Waals surface area (Å²) in [4.78, 5) is 39.0. The van der Waals surface area contributed by atoms with E-state index in [1.807, 2.05) is 18.3 Å². The highest BCUT2D eigenvalue weighted by atomic mass is 19.4. The number of hydrogen-bond acceptors (Lipinski definition) is 4. The van der Waals surface area contributed by atoms with E-state index in [1.54, 1.807) is 32.0 Å². The molecule has 0 saturated heterocycles. The quantitative estimate of drug-likeness (QED) is 0.286. The molecule has 202 valence electrons. The number of amides is 2. The van der Waals surface area contributed by atoms with E-state index in [4.69, 9.17) is 4.74 Å². The van der Waals surface area contributed by atoms with Gasteiger partial charge in [-0.3, -0.25) is 9.59 Å². The Balaban J connectivity index is 2.15. The van der Waals surface area contributed by atoms with Crippen LogP contribution in [0.1, 0.15) is 71.6 Å². The maximum absolute atomic E-state index is 13.3. The number of esters is 1. The molecule has 0 spiro atoms. The van der Waals surface area contributed by atoms with Gasteiger partial charge in [-0.15, -0.1) is 6.58 Å². The lowest BCUT2D eigenvalue weighted by Gasteiger charge is -2.27. The van der Waals surface area contributed by atoms with Crippen LogP contribution >= 0.6 is 0 Å². The second kappa shape index (κ2) is 11.5. The fourth-order valence-corrected chi connectivity index (χ4v) is 5.51. The maximum Gasteiger partial charge on any atom is 0.471 e. The molecular weight excluding hydrogens is 485 g/mol. The first-order chi connectivity index (χ1) is 17.4. The van der Waals surface area contributed by atoms with E-state index in [-0.39, 0.29) is 42.0 Å². The average molecular weight is 521 g/mol. The summed E-state index contributed by atoms with van der Waals surface area (Å²) < 4.78 is 44.9. The molecule has 0 radical (unpaired) electrons. The van der Waals surface area contributed by atoms with Crippen molar-refractivity contribution in [2.75, 3.05) is 19.4 Å². The van der Waals surface area contributed by atoms with Crippen molar-refractivity contribution in [3.8, 4) is 0 Å². The Morgan fingerprint density at radius 1 is 1.19 bits per heavy atom. The molecule has 1 aliphatic heterocycles. The van der Waals surface area contributed by atoms with E-state index in [2.05, 4.69) is 6.58 Å². The normalized spacial score (nSPS) is 19.6. The van der Waals surface area contributed by atoms with Crippen molar-refractivity contribution in [3.63, 3.8) is 0 Å². The number of nitrogens with one attached hydrogen (secondary N) is 1. The van der Waals surface area contributed by atoms with Gasteiger partial charge < -0.3 is 15.0 Å². The van der Waals surface area contributed by atoms with E-state index in [0.29, 0.717) is 23.1 Å². The summed E-state index contributed by atoms with van der Waals surface area (Å²) in [5, 5.41) is 1.99. The number of cyclic esters (lactones) is 1. The molecule has 1 aromatic rings. The molecule has 9 heteroatoms. The zero-order valence-electron chi connectivity index (χ0n) is 21.9. The van der Waals surface area contributed by atoms with Gasteiger partial charge in [-0.05, 0) is 61.6 Å². The second-order valence-electron chi connectivity index (χ2n) is 10.0. The van der Waals surface area contributed by atoms with Gasteiger partial charge in [0.1, 0.15) is 6.61 Å². The molecule has 0 aromatic heterocycles. The van der Waals surface area contributed by atoms with Crippen molar-refractivity contribution in [2.24, 2.45) is 11.8 Å². The van der Waals surface area contributed by atoms with Crippen LogP contribution in [0.5, 0.6) is 0 Å². The fraction of sp³-hybridized carbons (Fsp3) is 0.536. The molecule has 2 aliphatic rings. The number of hydrogen-bond donors (Lipinski definition) is 1. The molecule has 2 unspecified atom stereocenters. The second-order valence-corrected chi connectivity index (χ2v) is 10.0. The molecule has 1 saturated carbocycles. The highest BCUT2D eigenvalue weighted by Gasteiger charge is 2.41. The summed E-state index contributed by atoms with van der Waals surface area (Å²) in [6, 6.07) is 0. The van der Waals surface area contributed by atoms with Gasteiger partial charge in [0.2, 0.25) is 5.91 Å². The van der Waals surface area contributed by atoms with Crippen LogP contribution in [0.4, 0.5) is 18.9 Å². The van der Waals surface area contributed by atoms with E-state index >= 15 is 0 Å². The molecule has 1 aliphatic carbocycles. The fourth-order valence-electron chi connectivity index (χ4n) is 5.51. The van der Waals surface area contributed by atoms with Crippen molar-refractivity contribution in [1.29, 1.82) is 0 Å². The minimum absolute atomic E-state index is 0.00830. The number of carbonyl (C=O) groups excluding carboxylic acids is 3. The number of benzene rings is 1. The monoisotopic (exact) mass is 520 g/mol. The van der Waals surface area contributed by atoms with Gasteiger partial charge in [0, 0.05) is 25.6 Å². The molecule has 3 rings (SSSR count). The van der Waals surface area contributed by atoms with Crippen LogP contribution in [0.2, 0.25) is 0 Å². The minimum atomic E-state index is -5.12.